The molecule has 0 aromatic heterocycles. The summed E-state index contributed by atoms with van der Waals surface area (Å²) in [6, 6.07) is 11.9. The zero-order valence-electron chi connectivity index (χ0n) is 13.7. The van der Waals surface area contributed by atoms with E-state index >= 15 is 0 Å². The van der Waals surface area contributed by atoms with Crippen molar-refractivity contribution in [2.45, 2.75) is 6.18 Å². The minimum Gasteiger partial charge on any atom is 0 e. The van der Waals surface area contributed by atoms with Crippen molar-refractivity contribution in [3.63, 3.8) is 0 Å². The topological polar surface area (TPSA) is 99.5 Å². The van der Waals surface area contributed by atoms with Crippen LogP contribution in [0, 0.1) is 33.3 Å². The first kappa shape index (κ1) is 33.6. The van der Waals surface area contributed by atoms with Crippen molar-refractivity contribution in [1.29, 1.82) is 0 Å². The van der Waals surface area contributed by atoms with E-state index in [1.54, 1.807) is 6.07 Å². The Bertz CT molecular complexity index is 777. The molecule has 2 aromatic rings. The molecule has 142 valence electrons. The van der Waals surface area contributed by atoms with E-state index in [4.69, 9.17) is 23.3 Å². The van der Waals surface area contributed by atoms with Crippen LogP contribution in [0.5, 0.6) is 0 Å². The van der Waals surface area contributed by atoms with Crippen molar-refractivity contribution in [2.24, 2.45) is 0 Å². The van der Waals surface area contributed by atoms with Gasteiger partial charge < -0.3 is 0 Å². The van der Waals surface area contributed by atoms with E-state index in [-0.39, 0.29) is 29.6 Å². The van der Waals surface area contributed by atoms with Crippen LogP contribution < -0.4 is 10.6 Å². The smallest absolute Gasteiger partial charge is 0 e. The summed E-state index contributed by atoms with van der Waals surface area (Å²) in [6.45, 7) is 22.5. The molecular formula is C18H9F3O5PW+. The Labute approximate surface area is 175 Å². The first-order valence-electron chi connectivity index (χ1n) is 6.23. The van der Waals surface area contributed by atoms with Crippen LogP contribution in [0.2, 0.25) is 0 Å². The molecule has 1 atom stereocenters. The Morgan fingerprint density at radius 1 is 0.643 bits per heavy atom. The van der Waals surface area contributed by atoms with Crippen molar-refractivity contribution >= 4 is 19.2 Å². The summed E-state index contributed by atoms with van der Waals surface area (Å²) < 4.78 is 75.3. The van der Waals surface area contributed by atoms with Gasteiger partial charge in [0.05, 0.1) is 14.1 Å². The van der Waals surface area contributed by atoms with Gasteiger partial charge in [-0.05, 0) is 24.3 Å². The van der Waals surface area contributed by atoms with E-state index < -0.39 is 11.7 Å². The fourth-order valence-electron chi connectivity index (χ4n) is 2.14. The van der Waals surface area contributed by atoms with Crippen molar-refractivity contribution in [3.05, 3.63) is 81.3 Å². The maximum Gasteiger partial charge on any atom is 0 e. The molecule has 0 spiro atoms. The molecule has 5 nitrogen and oxygen atoms in total. The number of rotatable bonds is 0. The Hall–Kier alpha value is -1.95. The third kappa shape index (κ3) is 9.83. The van der Waals surface area contributed by atoms with Gasteiger partial charge in [0.25, 0.3) is 0 Å². The van der Waals surface area contributed by atoms with Gasteiger partial charge in [0.15, 0.2) is 0 Å². The molecule has 3 rings (SSSR count). The fourth-order valence-corrected chi connectivity index (χ4v) is 3.76. The SMILES string of the molecule is FC(F)(F)c1ccc2c(c1)[PH2+]c1ccccc1-2.[C-]#[O+].[C-]#[O+].[C-]#[O+].[C-]#[O+].[C-]#[O+].[W]. The standard InChI is InChI=1S/C13H8F3P.5CO.W/c14-13(15,16)8-5-6-10-9-3-1-2-4-11(9)17-12(10)7-8;5*1-2;/h1-7,17H;;;;;;/p+1. The number of halogens is 3. The number of alkyl halides is 3. The predicted molar refractivity (Wildman–Crippen MR) is 85.5 cm³/mol. The van der Waals surface area contributed by atoms with Crippen LogP contribution >= 0.6 is 8.58 Å². The van der Waals surface area contributed by atoms with Gasteiger partial charge in [0.2, 0.25) is 0 Å². The van der Waals surface area contributed by atoms with Gasteiger partial charge in [-0.1, -0.05) is 18.2 Å². The molecule has 1 aliphatic heterocycles. The normalized spacial score (nSPS) is 9.32. The maximum atomic E-state index is 12.6. The van der Waals surface area contributed by atoms with Gasteiger partial charge in [-0.15, -0.1) is 0 Å². The van der Waals surface area contributed by atoms with Crippen molar-refractivity contribution in [1.82, 2.24) is 0 Å². The predicted octanol–water partition coefficient (Wildman–Crippen LogP) is 2.86. The third-order valence-electron chi connectivity index (χ3n) is 2.94. The van der Waals surface area contributed by atoms with Gasteiger partial charge in [0, 0.05) is 32.2 Å². The molecule has 0 radical (unpaired) electrons. The first-order valence-corrected chi connectivity index (χ1v) is 7.39. The van der Waals surface area contributed by atoms with Gasteiger partial charge in [-0.2, -0.15) is 13.2 Å². The van der Waals surface area contributed by atoms with E-state index in [0.717, 1.165) is 16.4 Å². The van der Waals surface area contributed by atoms with E-state index in [1.807, 2.05) is 24.3 Å². The number of fused-ring (bicyclic) bond motifs is 3. The molecule has 1 heterocycles. The number of benzene rings is 2. The Kier molecular flexibility index (Phi) is 23.8. The Morgan fingerprint density at radius 3 is 1.54 bits per heavy atom. The Morgan fingerprint density at radius 2 is 1.07 bits per heavy atom. The van der Waals surface area contributed by atoms with Gasteiger partial charge >= 0.3 is 62.7 Å². The molecule has 0 saturated carbocycles. The zero-order chi connectivity index (χ0) is 22.0. The molecule has 28 heavy (non-hydrogen) atoms. The van der Waals surface area contributed by atoms with Crippen LogP contribution in [-0.2, 0) is 50.5 Å². The summed E-state index contributed by atoms with van der Waals surface area (Å²) in [5, 5.41) is 2.03. The number of hydrogen-bond acceptors (Lipinski definition) is 0. The summed E-state index contributed by atoms with van der Waals surface area (Å²) in [6.07, 6.45) is -4.25. The van der Waals surface area contributed by atoms with E-state index in [2.05, 4.69) is 33.3 Å². The minimum absolute atomic E-state index is 0. The second-order valence-corrected chi connectivity index (χ2v) is 5.56. The van der Waals surface area contributed by atoms with Crippen LogP contribution in [0.15, 0.2) is 42.5 Å². The molecule has 1 unspecified atom stereocenters. The van der Waals surface area contributed by atoms with Crippen LogP contribution in [-0.4, -0.2) is 0 Å². The molecule has 1 aliphatic rings. The summed E-state index contributed by atoms with van der Waals surface area (Å²) in [5.41, 5.74) is 1.51. The van der Waals surface area contributed by atoms with Crippen molar-refractivity contribution < 1.29 is 57.5 Å². The molecule has 10 heteroatoms. The largest absolute Gasteiger partial charge is 0 e. The summed E-state index contributed by atoms with van der Waals surface area (Å²) in [5.74, 6) is 0. The second-order valence-electron chi connectivity index (χ2n) is 4.03. The monoisotopic (exact) mass is 577 g/mol. The van der Waals surface area contributed by atoms with Gasteiger partial charge in [-0.3, -0.25) is 0 Å². The quantitative estimate of drug-likeness (QED) is 0.223. The van der Waals surface area contributed by atoms with Gasteiger partial charge in [0.1, 0.15) is 10.6 Å². The molecule has 2 aromatic carbocycles. The molecular weight excluding hydrogens is 568 g/mol. The first-order chi connectivity index (χ1) is 13.1. The summed E-state index contributed by atoms with van der Waals surface area (Å²) >= 11 is 0. The average molecular weight is 577 g/mol. The molecule has 0 N–H and O–H groups in total. The molecule has 0 amide bonds. The van der Waals surface area contributed by atoms with E-state index in [1.165, 1.54) is 17.4 Å². The molecule has 0 fully saturated rings. The third-order valence-corrected chi connectivity index (χ3v) is 4.54. The summed E-state index contributed by atoms with van der Waals surface area (Å²) in [4.78, 5) is 0. The minimum atomic E-state index is -4.25. The average Bonchev–Trinajstić information content (AvgIpc) is 3.13. The van der Waals surface area contributed by atoms with Gasteiger partial charge in [-0.25, -0.2) is 0 Å². The zero-order valence-corrected chi connectivity index (χ0v) is 17.8. The molecule has 0 saturated heterocycles. The van der Waals surface area contributed by atoms with Crippen LogP contribution in [0.25, 0.3) is 11.1 Å². The summed E-state index contributed by atoms with van der Waals surface area (Å²) in [7, 11) is -0.207. The second kappa shape index (κ2) is 19.8. The van der Waals surface area contributed by atoms with E-state index in [0.29, 0.717) is 0 Å². The van der Waals surface area contributed by atoms with Crippen molar-refractivity contribution in [3.8, 4) is 11.1 Å². The van der Waals surface area contributed by atoms with Crippen LogP contribution in [0.1, 0.15) is 5.56 Å². The van der Waals surface area contributed by atoms with Crippen LogP contribution in [0.3, 0.4) is 0 Å². The van der Waals surface area contributed by atoms with Crippen LogP contribution in [0.4, 0.5) is 13.2 Å². The number of hydrogen-bond donors (Lipinski definition) is 0. The molecule has 0 aliphatic carbocycles. The maximum absolute atomic E-state index is 12.6. The Balaban J connectivity index is -0.000000230. The molecule has 0 bridgehead atoms. The fraction of sp³-hybridized carbons (Fsp3) is 0.0556. The van der Waals surface area contributed by atoms with E-state index in [9.17, 15) is 13.2 Å². The van der Waals surface area contributed by atoms with Crippen molar-refractivity contribution in [2.75, 3.05) is 0 Å².